The number of hydrogen-bond acceptors (Lipinski definition) is 5. The average Bonchev–Trinajstić information content (AvgIpc) is 2.68. The summed E-state index contributed by atoms with van der Waals surface area (Å²) in [6, 6.07) is 12.5. The fourth-order valence-corrected chi connectivity index (χ4v) is 3.42. The molecule has 2 N–H and O–H groups in total. The van der Waals surface area contributed by atoms with Crippen molar-refractivity contribution in [2.45, 2.75) is 18.6 Å². The van der Waals surface area contributed by atoms with Gasteiger partial charge in [-0.1, -0.05) is 35.5 Å². The third-order valence-electron chi connectivity index (χ3n) is 3.83. The van der Waals surface area contributed by atoms with Crippen LogP contribution in [0.3, 0.4) is 0 Å². The van der Waals surface area contributed by atoms with Gasteiger partial charge in [0.2, 0.25) is 11.8 Å². The van der Waals surface area contributed by atoms with Crippen LogP contribution in [-0.4, -0.2) is 27.9 Å². The van der Waals surface area contributed by atoms with Gasteiger partial charge in [0, 0.05) is 17.1 Å². The van der Waals surface area contributed by atoms with Crippen molar-refractivity contribution in [1.82, 2.24) is 5.32 Å². The van der Waals surface area contributed by atoms with Gasteiger partial charge in [-0.3, -0.25) is 9.59 Å². The number of benzene rings is 2. The molecule has 9 heteroatoms. The Bertz CT molecular complexity index is 945. The first-order chi connectivity index (χ1) is 13.4. The molecule has 1 saturated heterocycles. The lowest BCUT2D eigenvalue weighted by Gasteiger charge is -2.21. The van der Waals surface area contributed by atoms with Crippen LogP contribution in [0.25, 0.3) is 0 Å². The van der Waals surface area contributed by atoms with E-state index in [0.29, 0.717) is 16.4 Å². The molecule has 2 aromatic rings. The molecule has 0 aromatic heterocycles. The van der Waals surface area contributed by atoms with Gasteiger partial charge in [0.1, 0.15) is 11.1 Å². The summed E-state index contributed by atoms with van der Waals surface area (Å²) in [5.74, 6) is -1.08. The maximum atomic E-state index is 13.0. The van der Waals surface area contributed by atoms with E-state index in [9.17, 15) is 14.0 Å². The highest BCUT2D eigenvalue weighted by Crippen LogP contribution is 2.23. The molecule has 28 heavy (non-hydrogen) atoms. The lowest BCUT2D eigenvalue weighted by Crippen LogP contribution is -2.41. The number of thioether (sulfide) groups is 1. The number of hydrogen-bond donors (Lipinski definition) is 2. The lowest BCUT2D eigenvalue weighted by molar-refractivity contribution is -0.123. The number of amides is 2. The van der Waals surface area contributed by atoms with Crippen LogP contribution < -0.4 is 10.6 Å². The number of carbonyl (C=O) groups is 2. The largest absolute Gasteiger partial charge is 0.325 e. The summed E-state index contributed by atoms with van der Waals surface area (Å²) in [5.41, 5.74) is 1.93. The number of nitrogens with one attached hydrogen (secondary N) is 2. The Balaban J connectivity index is 1.69. The van der Waals surface area contributed by atoms with Crippen LogP contribution in [0.1, 0.15) is 18.9 Å². The van der Waals surface area contributed by atoms with Crippen molar-refractivity contribution in [3.05, 3.63) is 64.9 Å². The molecule has 1 aliphatic rings. The molecule has 6 nitrogen and oxygen atoms in total. The normalized spacial score (nSPS) is 18.7. The minimum atomic E-state index is -0.663. The third-order valence-corrected chi connectivity index (χ3v) is 5.15. The highest BCUT2D eigenvalue weighted by Gasteiger charge is 2.30. The van der Waals surface area contributed by atoms with Crippen LogP contribution in [-0.2, 0) is 9.59 Å². The monoisotopic (exact) mass is 418 g/mol. The summed E-state index contributed by atoms with van der Waals surface area (Å²) in [6.07, 6.45) is 0.0105. The van der Waals surface area contributed by atoms with Crippen molar-refractivity contribution in [3.8, 4) is 0 Å². The van der Waals surface area contributed by atoms with Crippen LogP contribution in [0.15, 0.2) is 58.7 Å². The summed E-state index contributed by atoms with van der Waals surface area (Å²) in [7, 11) is 0. The molecular weight excluding hydrogens is 403 g/mol. The molecule has 1 fully saturated rings. The van der Waals surface area contributed by atoms with Crippen LogP contribution in [0, 0.1) is 5.82 Å². The van der Waals surface area contributed by atoms with E-state index < -0.39 is 11.1 Å². The van der Waals surface area contributed by atoms with Crippen LogP contribution >= 0.6 is 23.4 Å². The topological polar surface area (TPSA) is 82.9 Å². The second-order valence-corrected chi connectivity index (χ2v) is 7.58. The van der Waals surface area contributed by atoms with Gasteiger partial charge in [0.05, 0.1) is 5.71 Å². The van der Waals surface area contributed by atoms with Crippen molar-refractivity contribution in [2.24, 2.45) is 10.2 Å². The van der Waals surface area contributed by atoms with Gasteiger partial charge in [-0.15, -0.1) is 5.10 Å². The molecule has 0 saturated carbocycles. The Labute approximate surface area is 170 Å². The molecule has 0 aliphatic carbocycles. The third kappa shape index (κ3) is 5.40. The summed E-state index contributed by atoms with van der Waals surface area (Å²) in [6.45, 7) is 1.78. The van der Waals surface area contributed by atoms with Gasteiger partial charge in [0.15, 0.2) is 5.17 Å². The van der Waals surface area contributed by atoms with Gasteiger partial charge in [-0.05, 0) is 48.9 Å². The Morgan fingerprint density at radius 3 is 2.57 bits per heavy atom. The molecule has 0 bridgehead atoms. The number of halogens is 2. The van der Waals surface area contributed by atoms with E-state index in [1.165, 1.54) is 24.3 Å². The predicted molar refractivity (Wildman–Crippen MR) is 110 cm³/mol. The predicted octanol–water partition coefficient (Wildman–Crippen LogP) is 3.82. The van der Waals surface area contributed by atoms with E-state index in [4.69, 9.17) is 11.6 Å². The molecule has 1 unspecified atom stereocenters. The molecule has 2 amide bonds. The highest BCUT2D eigenvalue weighted by atomic mass is 35.5. The Hall–Kier alpha value is -2.71. The number of rotatable bonds is 4. The molecule has 0 radical (unpaired) electrons. The van der Waals surface area contributed by atoms with E-state index in [2.05, 4.69) is 20.8 Å². The van der Waals surface area contributed by atoms with Gasteiger partial charge in [0.25, 0.3) is 0 Å². The molecule has 3 rings (SSSR count). The molecule has 144 valence electrons. The lowest BCUT2D eigenvalue weighted by atomic mass is 10.1. The van der Waals surface area contributed by atoms with Crippen molar-refractivity contribution < 1.29 is 14.0 Å². The average molecular weight is 419 g/mol. The highest BCUT2D eigenvalue weighted by molar-refractivity contribution is 8.15. The van der Waals surface area contributed by atoms with E-state index in [1.807, 2.05) is 12.1 Å². The smallest absolute Gasteiger partial charge is 0.238 e. The Kier molecular flexibility index (Phi) is 6.43. The summed E-state index contributed by atoms with van der Waals surface area (Å²) >= 11 is 6.98. The van der Waals surface area contributed by atoms with Crippen LogP contribution in [0.2, 0.25) is 5.02 Å². The van der Waals surface area contributed by atoms with Gasteiger partial charge in [-0.25, -0.2) is 4.39 Å². The zero-order valence-corrected chi connectivity index (χ0v) is 16.4. The molecule has 2 aromatic carbocycles. The zero-order chi connectivity index (χ0) is 20.1. The first-order valence-corrected chi connectivity index (χ1v) is 9.57. The summed E-state index contributed by atoms with van der Waals surface area (Å²) in [5, 5.41) is 13.6. The Morgan fingerprint density at radius 2 is 1.89 bits per heavy atom. The first kappa shape index (κ1) is 20.0. The fraction of sp³-hybridized carbons (Fsp3) is 0.158. The zero-order valence-electron chi connectivity index (χ0n) is 14.8. The van der Waals surface area contributed by atoms with E-state index in [0.717, 1.165) is 17.3 Å². The number of anilines is 1. The molecule has 1 aliphatic heterocycles. The minimum Gasteiger partial charge on any atom is -0.325 e. The molecule has 0 spiro atoms. The quantitative estimate of drug-likeness (QED) is 0.585. The number of amidine groups is 1. The Morgan fingerprint density at radius 1 is 1.21 bits per heavy atom. The van der Waals surface area contributed by atoms with Gasteiger partial charge in [-0.2, -0.15) is 5.10 Å². The van der Waals surface area contributed by atoms with E-state index >= 15 is 0 Å². The first-order valence-electron chi connectivity index (χ1n) is 8.32. The van der Waals surface area contributed by atoms with Crippen LogP contribution in [0.4, 0.5) is 10.1 Å². The standard InChI is InChI=1S/C19H16ClFN4O2S/c1-11(12-2-4-13(20)5-3-12)24-25-19-23-17(26)10-16(28-19)18(27)22-15-8-6-14(21)7-9-15/h2-9,16H,10H2,1H3,(H,22,27)(H,23,25,26). The molecule has 1 atom stereocenters. The molecular formula is C19H16ClFN4O2S. The summed E-state index contributed by atoms with van der Waals surface area (Å²) in [4.78, 5) is 24.4. The number of carbonyl (C=O) groups excluding carboxylic acids is 2. The van der Waals surface area contributed by atoms with Crippen molar-refractivity contribution >= 4 is 51.7 Å². The fourth-order valence-electron chi connectivity index (χ4n) is 2.36. The van der Waals surface area contributed by atoms with Gasteiger partial charge >= 0.3 is 0 Å². The van der Waals surface area contributed by atoms with E-state index in [1.54, 1.807) is 19.1 Å². The minimum absolute atomic E-state index is 0.0105. The maximum Gasteiger partial charge on any atom is 0.238 e. The van der Waals surface area contributed by atoms with Crippen LogP contribution in [0.5, 0.6) is 0 Å². The number of nitrogens with zero attached hydrogens (tertiary/aromatic N) is 2. The summed E-state index contributed by atoms with van der Waals surface area (Å²) < 4.78 is 13.0. The van der Waals surface area contributed by atoms with Gasteiger partial charge < -0.3 is 10.6 Å². The second kappa shape index (κ2) is 8.99. The second-order valence-electron chi connectivity index (χ2n) is 5.95. The SMILES string of the molecule is CC(=N/N=C1\NC(=O)CC(C(=O)Nc2ccc(F)cc2)S1)c1ccc(Cl)cc1. The maximum absolute atomic E-state index is 13.0. The molecule has 1 heterocycles. The van der Waals surface area contributed by atoms with Crippen molar-refractivity contribution in [1.29, 1.82) is 0 Å². The van der Waals surface area contributed by atoms with Crippen molar-refractivity contribution in [3.63, 3.8) is 0 Å². The van der Waals surface area contributed by atoms with E-state index in [-0.39, 0.29) is 23.4 Å². The van der Waals surface area contributed by atoms with Crippen molar-refractivity contribution in [2.75, 3.05) is 5.32 Å².